The molecule has 4 aromatic rings. The lowest BCUT2D eigenvalue weighted by Crippen LogP contribution is -2.04. The van der Waals surface area contributed by atoms with Gasteiger partial charge in [0.05, 0.1) is 0 Å². The van der Waals surface area contributed by atoms with Crippen LogP contribution in [-0.4, -0.2) is 76.3 Å². The molecule has 2 heterocycles. The molecule has 0 aliphatic carbocycles. The van der Waals surface area contributed by atoms with E-state index in [4.69, 9.17) is 0 Å². The monoisotopic (exact) mass is 592 g/mol. The van der Waals surface area contributed by atoms with Gasteiger partial charge in [0.25, 0.3) is 20.2 Å². The highest BCUT2D eigenvalue weighted by Crippen LogP contribution is 2.28. The van der Waals surface area contributed by atoms with Gasteiger partial charge in [0.15, 0.2) is 0 Å². The first-order chi connectivity index (χ1) is 18.7. The second-order valence-corrected chi connectivity index (χ2v) is 10.3. The Morgan fingerprint density at radius 2 is 0.875 bits per heavy atom. The quantitative estimate of drug-likeness (QED) is 0.105. The fourth-order valence-electron chi connectivity index (χ4n) is 3.20. The van der Waals surface area contributed by atoms with Crippen LogP contribution in [0.25, 0.3) is 12.2 Å². The molecular weight excluding hydrogens is 576 g/mol. The molecule has 4 rings (SSSR count). The molecule has 0 fully saturated rings. The van der Waals surface area contributed by atoms with Crippen LogP contribution in [0.1, 0.15) is 11.1 Å². The van der Waals surface area contributed by atoms with Crippen molar-refractivity contribution in [1.29, 1.82) is 0 Å². The van der Waals surface area contributed by atoms with Crippen molar-refractivity contribution in [2.24, 2.45) is 0 Å². The van der Waals surface area contributed by atoms with Crippen molar-refractivity contribution in [2.45, 2.75) is 9.79 Å². The van der Waals surface area contributed by atoms with Gasteiger partial charge in [-0.2, -0.15) is 36.8 Å². The zero-order valence-corrected chi connectivity index (χ0v) is 21.1. The SMILES string of the molecule is O=S(=O)(O)c1cc(Nc2nc(O)nc(O)n2)ccc1/C=C/c1ccc(Nc2nc(O)nc(O)n2)cc1S(=O)(=O)O. The summed E-state index contributed by atoms with van der Waals surface area (Å²) in [6.45, 7) is 0. The standard InChI is InChI=1S/C20H16N8O10S2/c29-17-23-15(24-18(30)27-17)21-11-5-3-9(13(7-11)39(33,34)35)1-2-10-4-6-12(8-14(10)40(36,37)38)22-16-25-19(31)28-20(32)26-16/h1-8H,(H,33,34,35)(H,36,37,38)(H3,21,23,24,27,29,30)(H3,22,25,26,28,31,32)/b2-1+. The van der Waals surface area contributed by atoms with Crippen LogP contribution in [0.15, 0.2) is 46.2 Å². The van der Waals surface area contributed by atoms with Crippen LogP contribution in [0.5, 0.6) is 24.0 Å². The summed E-state index contributed by atoms with van der Waals surface area (Å²) in [7, 11) is -9.67. The number of nitrogens with zero attached hydrogens (tertiary/aromatic N) is 6. The van der Waals surface area contributed by atoms with E-state index in [1.807, 2.05) is 0 Å². The van der Waals surface area contributed by atoms with Crippen LogP contribution in [0.3, 0.4) is 0 Å². The lowest BCUT2D eigenvalue weighted by atomic mass is 10.1. The van der Waals surface area contributed by atoms with Gasteiger partial charge in [0, 0.05) is 11.4 Å². The summed E-state index contributed by atoms with van der Waals surface area (Å²) in [4.78, 5) is 19.1. The number of hydrogen-bond acceptors (Lipinski definition) is 16. The maximum absolute atomic E-state index is 12.0. The zero-order chi connectivity index (χ0) is 29.2. The number of benzene rings is 2. The predicted octanol–water partition coefficient (Wildman–Crippen LogP) is 1.03. The van der Waals surface area contributed by atoms with Gasteiger partial charge in [-0.25, -0.2) is 0 Å². The van der Waals surface area contributed by atoms with E-state index in [-0.39, 0.29) is 34.4 Å². The summed E-state index contributed by atoms with van der Waals surface area (Å²) in [5.41, 5.74) is -0.179. The van der Waals surface area contributed by atoms with Crippen LogP contribution in [0.2, 0.25) is 0 Å². The Labute approximate surface area is 223 Å². The van der Waals surface area contributed by atoms with E-state index in [1.165, 1.54) is 24.3 Å². The van der Waals surface area contributed by atoms with Crippen molar-refractivity contribution >= 4 is 55.7 Å². The van der Waals surface area contributed by atoms with E-state index >= 15 is 0 Å². The lowest BCUT2D eigenvalue weighted by molar-refractivity contribution is 0.382. The highest BCUT2D eigenvalue weighted by Gasteiger charge is 2.18. The summed E-state index contributed by atoms with van der Waals surface area (Å²) >= 11 is 0. The molecule has 2 aromatic heterocycles. The first-order valence-electron chi connectivity index (χ1n) is 10.4. The van der Waals surface area contributed by atoms with Crippen molar-refractivity contribution in [3.63, 3.8) is 0 Å². The molecule has 18 nitrogen and oxygen atoms in total. The van der Waals surface area contributed by atoms with Crippen molar-refractivity contribution in [3.05, 3.63) is 47.5 Å². The van der Waals surface area contributed by atoms with Gasteiger partial charge < -0.3 is 31.1 Å². The molecule has 0 radical (unpaired) electrons. The van der Waals surface area contributed by atoms with Gasteiger partial charge in [0.2, 0.25) is 11.9 Å². The third kappa shape index (κ3) is 6.82. The Hall–Kier alpha value is -5.18. The van der Waals surface area contributed by atoms with Gasteiger partial charge in [-0.3, -0.25) is 9.11 Å². The molecule has 0 bridgehead atoms. The number of nitrogens with one attached hydrogen (secondary N) is 2. The molecule has 0 saturated heterocycles. The third-order valence-corrected chi connectivity index (χ3v) is 6.58. The Morgan fingerprint density at radius 1 is 0.550 bits per heavy atom. The molecular formula is C20H16N8O10S2. The highest BCUT2D eigenvalue weighted by atomic mass is 32.2. The predicted molar refractivity (Wildman–Crippen MR) is 134 cm³/mol. The minimum atomic E-state index is -4.84. The molecule has 0 amide bonds. The second-order valence-electron chi connectivity index (χ2n) is 7.56. The number of aromatic hydroxyl groups is 4. The molecule has 208 valence electrons. The van der Waals surface area contributed by atoms with Crippen molar-refractivity contribution in [2.75, 3.05) is 10.6 Å². The van der Waals surface area contributed by atoms with Crippen LogP contribution in [0, 0.1) is 0 Å². The Kier molecular flexibility index (Phi) is 7.33. The van der Waals surface area contributed by atoms with Gasteiger partial charge in [-0.15, -0.1) is 9.97 Å². The van der Waals surface area contributed by atoms with Gasteiger partial charge >= 0.3 is 24.0 Å². The fourth-order valence-corrected chi connectivity index (χ4v) is 4.62. The summed E-state index contributed by atoms with van der Waals surface area (Å²) < 4.78 is 67.7. The molecule has 40 heavy (non-hydrogen) atoms. The van der Waals surface area contributed by atoms with Crippen LogP contribution in [0.4, 0.5) is 23.3 Å². The van der Waals surface area contributed by atoms with Crippen molar-refractivity contribution < 1.29 is 46.4 Å². The number of hydrogen-bond donors (Lipinski definition) is 8. The van der Waals surface area contributed by atoms with Gasteiger partial charge in [0.1, 0.15) is 9.79 Å². The van der Waals surface area contributed by atoms with E-state index in [0.29, 0.717) is 0 Å². The topological polar surface area (TPSA) is 291 Å². The number of anilines is 4. The molecule has 0 unspecified atom stereocenters. The molecule has 0 atom stereocenters. The smallest absolute Gasteiger partial charge is 0.321 e. The van der Waals surface area contributed by atoms with Gasteiger partial charge in [-0.05, 0) is 35.4 Å². The Morgan fingerprint density at radius 3 is 1.18 bits per heavy atom. The van der Waals surface area contributed by atoms with Gasteiger partial charge in [-0.1, -0.05) is 24.3 Å². The first-order valence-corrected chi connectivity index (χ1v) is 13.3. The summed E-state index contributed by atoms with van der Waals surface area (Å²) in [5, 5.41) is 42.5. The highest BCUT2D eigenvalue weighted by molar-refractivity contribution is 7.86. The fraction of sp³-hybridized carbons (Fsp3) is 0. The third-order valence-electron chi connectivity index (χ3n) is 4.76. The molecule has 20 heteroatoms. The first kappa shape index (κ1) is 27.8. The largest absolute Gasteiger partial charge is 0.479 e. The molecule has 0 aliphatic heterocycles. The molecule has 0 spiro atoms. The number of aromatic nitrogens is 6. The molecule has 2 aromatic carbocycles. The molecule has 0 aliphatic rings. The minimum absolute atomic E-state index is 0.0132. The zero-order valence-electron chi connectivity index (χ0n) is 19.4. The minimum Gasteiger partial charge on any atom is -0.479 e. The summed E-state index contributed by atoms with van der Waals surface area (Å²) in [5.74, 6) is -0.688. The Balaban J connectivity index is 1.69. The Bertz CT molecular complexity index is 1690. The second kappa shape index (κ2) is 10.5. The van der Waals surface area contributed by atoms with Crippen molar-refractivity contribution in [1.82, 2.24) is 29.9 Å². The molecule has 0 saturated carbocycles. The average molecular weight is 593 g/mol. The molecule has 8 N–H and O–H groups in total. The maximum atomic E-state index is 12.0. The van der Waals surface area contributed by atoms with Crippen molar-refractivity contribution in [3.8, 4) is 24.0 Å². The van der Waals surface area contributed by atoms with E-state index in [2.05, 4.69) is 40.5 Å². The normalized spacial score (nSPS) is 11.9. The van der Waals surface area contributed by atoms with E-state index < -0.39 is 54.1 Å². The maximum Gasteiger partial charge on any atom is 0.321 e. The lowest BCUT2D eigenvalue weighted by Gasteiger charge is -2.10. The van der Waals surface area contributed by atoms with Crippen LogP contribution < -0.4 is 10.6 Å². The average Bonchev–Trinajstić information content (AvgIpc) is 2.81. The van der Waals surface area contributed by atoms with E-state index in [0.717, 1.165) is 24.3 Å². The summed E-state index contributed by atoms with van der Waals surface area (Å²) in [6.07, 6.45) is 2.29. The summed E-state index contributed by atoms with van der Waals surface area (Å²) in [6, 6.07) is 3.79. The van der Waals surface area contributed by atoms with E-state index in [1.54, 1.807) is 0 Å². The van der Waals surface area contributed by atoms with Crippen LogP contribution in [-0.2, 0) is 20.2 Å². The van der Waals surface area contributed by atoms with E-state index in [9.17, 15) is 46.4 Å². The number of rotatable bonds is 8. The van der Waals surface area contributed by atoms with Crippen LogP contribution >= 0.6 is 0 Å².